The van der Waals surface area contributed by atoms with Gasteiger partial charge in [0.15, 0.2) is 5.82 Å². The molecule has 0 radical (unpaired) electrons. The molecule has 29 heavy (non-hydrogen) atoms. The van der Waals surface area contributed by atoms with E-state index in [1.165, 1.54) is 0 Å². The monoisotopic (exact) mass is 397 g/mol. The number of nitrogens with one attached hydrogen (secondary N) is 2. The molecule has 1 fully saturated rings. The maximum Gasteiger partial charge on any atom is 0.439 e. The van der Waals surface area contributed by atoms with Gasteiger partial charge in [-0.1, -0.05) is 17.3 Å². The second-order valence-corrected chi connectivity index (χ2v) is 7.33. The van der Waals surface area contributed by atoms with Crippen molar-refractivity contribution in [1.29, 1.82) is 0 Å². The molecular formula is C20H23N5O4. The number of aryl methyl sites for hydroxylation is 1. The van der Waals surface area contributed by atoms with E-state index in [0.717, 1.165) is 38.0 Å². The molecule has 1 aliphatic heterocycles. The molecule has 0 unspecified atom stereocenters. The summed E-state index contributed by atoms with van der Waals surface area (Å²) in [5, 5.41) is 16.1. The molecule has 1 saturated heterocycles. The highest BCUT2D eigenvalue weighted by Crippen LogP contribution is 2.19. The summed E-state index contributed by atoms with van der Waals surface area (Å²) in [7, 11) is 1.75. The summed E-state index contributed by atoms with van der Waals surface area (Å²) in [6.45, 7) is 2.62. The van der Waals surface area contributed by atoms with Crippen molar-refractivity contribution >= 4 is 11.6 Å². The van der Waals surface area contributed by atoms with Crippen LogP contribution in [0.25, 0.3) is 11.4 Å². The lowest BCUT2D eigenvalue weighted by Gasteiger charge is -2.29. The van der Waals surface area contributed by atoms with Gasteiger partial charge in [0.1, 0.15) is 5.69 Å². The summed E-state index contributed by atoms with van der Waals surface area (Å²) in [5.74, 6) is -0.628. The molecule has 3 aromatic rings. The van der Waals surface area contributed by atoms with Crippen molar-refractivity contribution in [1.82, 2.24) is 19.6 Å². The van der Waals surface area contributed by atoms with Gasteiger partial charge in [0, 0.05) is 44.1 Å². The molecule has 1 amide bonds. The van der Waals surface area contributed by atoms with Crippen molar-refractivity contribution in [3.05, 3.63) is 58.3 Å². The fourth-order valence-electron chi connectivity index (χ4n) is 3.50. The molecule has 2 aromatic heterocycles. The number of rotatable bonds is 5. The molecule has 9 nitrogen and oxygen atoms in total. The Labute approximate surface area is 166 Å². The zero-order valence-electron chi connectivity index (χ0n) is 16.1. The van der Waals surface area contributed by atoms with Crippen molar-refractivity contribution in [2.75, 3.05) is 18.4 Å². The lowest BCUT2D eigenvalue weighted by Crippen LogP contribution is -2.35. The first-order chi connectivity index (χ1) is 14.0. The van der Waals surface area contributed by atoms with Crippen LogP contribution in [0.5, 0.6) is 0 Å². The Kier molecular flexibility index (Phi) is 5.32. The fraction of sp³-hybridized carbons (Fsp3) is 0.350. The van der Waals surface area contributed by atoms with E-state index in [-0.39, 0.29) is 17.8 Å². The zero-order chi connectivity index (χ0) is 20.4. The molecule has 0 bridgehead atoms. The van der Waals surface area contributed by atoms with Crippen molar-refractivity contribution in [2.45, 2.75) is 25.5 Å². The Morgan fingerprint density at radius 1 is 1.31 bits per heavy atom. The van der Waals surface area contributed by atoms with Gasteiger partial charge in [0.2, 0.25) is 0 Å². The third-order valence-corrected chi connectivity index (χ3v) is 5.13. The van der Waals surface area contributed by atoms with Crippen LogP contribution in [0.1, 0.15) is 28.9 Å². The zero-order valence-corrected chi connectivity index (χ0v) is 16.1. The van der Waals surface area contributed by atoms with E-state index in [0.29, 0.717) is 16.9 Å². The normalized spacial score (nSPS) is 15.5. The second kappa shape index (κ2) is 8.06. The van der Waals surface area contributed by atoms with Crippen LogP contribution in [0.4, 0.5) is 5.69 Å². The largest absolute Gasteiger partial charge is 0.439 e. The van der Waals surface area contributed by atoms with Crippen molar-refractivity contribution < 1.29 is 14.4 Å². The molecule has 0 spiro atoms. The smallest absolute Gasteiger partial charge is 0.393 e. The summed E-state index contributed by atoms with van der Waals surface area (Å²) < 4.78 is 6.17. The highest BCUT2D eigenvalue weighted by Gasteiger charge is 2.17. The van der Waals surface area contributed by atoms with Crippen LogP contribution < -0.4 is 11.1 Å². The van der Waals surface area contributed by atoms with Gasteiger partial charge in [-0.25, -0.2) is 4.79 Å². The standard InChI is InChI=1S/C20H23N5O4/c1-24-12-14(18-22-20(28)29-23-18)10-17(24)19(27)21-15-4-2-13(3-5-15)11-25-8-6-16(26)7-9-25/h2-5,10,12,16,26H,6-9,11H2,1H3,(H,21,27)(H,22,23,28). The van der Waals surface area contributed by atoms with Crippen LogP contribution in [0.3, 0.4) is 0 Å². The third-order valence-electron chi connectivity index (χ3n) is 5.13. The lowest BCUT2D eigenvalue weighted by molar-refractivity contribution is 0.0792. The van der Waals surface area contributed by atoms with Crippen molar-refractivity contribution in [3.63, 3.8) is 0 Å². The predicted octanol–water partition coefficient (Wildman–Crippen LogP) is 1.58. The van der Waals surface area contributed by atoms with Crippen LogP contribution in [0.2, 0.25) is 0 Å². The van der Waals surface area contributed by atoms with Crippen LogP contribution >= 0.6 is 0 Å². The first-order valence-electron chi connectivity index (χ1n) is 9.51. The number of carbonyl (C=O) groups excluding carboxylic acids is 1. The molecule has 1 aromatic carbocycles. The number of anilines is 1. The molecule has 4 rings (SSSR count). The van der Waals surface area contributed by atoms with Gasteiger partial charge in [-0.15, -0.1) is 0 Å². The number of aromatic amines is 1. The minimum Gasteiger partial charge on any atom is -0.393 e. The van der Waals surface area contributed by atoms with E-state index < -0.39 is 5.76 Å². The number of hydrogen-bond acceptors (Lipinski definition) is 6. The predicted molar refractivity (Wildman–Crippen MR) is 106 cm³/mol. The number of nitrogens with zero attached hydrogens (tertiary/aromatic N) is 3. The van der Waals surface area contributed by atoms with Crippen LogP contribution in [0, 0.1) is 0 Å². The average Bonchev–Trinajstić information content (AvgIpc) is 3.31. The Balaban J connectivity index is 1.39. The van der Waals surface area contributed by atoms with Crippen molar-refractivity contribution in [2.24, 2.45) is 7.05 Å². The lowest BCUT2D eigenvalue weighted by atomic mass is 10.1. The summed E-state index contributed by atoms with van der Waals surface area (Å²) in [5.41, 5.74) is 2.88. The first-order valence-corrected chi connectivity index (χ1v) is 9.51. The number of hydrogen-bond donors (Lipinski definition) is 3. The number of aliphatic hydroxyl groups excluding tert-OH is 1. The number of carbonyl (C=O) groups is 1. The van der Waals surface area contributed by atoms with Crippen LogP contribution in [-0.4, -0.2) is 49.8 Å². The maximum absolute atomic E-state index is 12.6. The van der Waals surface area contributed by atoms with Crippen molar-refractivity contribution in [3.8, 4) is 11.4 Å². The second-order valence-electron chi connectivity index (χ2n) is 7.33. The topological polar surface area (TPSA) is 116 Å². The number of aliphatic hydroxyl groups is 1. The molecule has 3 heterocycles. The van der Waals surface area contributed by atoms with E-state index in [9.17, 15) is 14.7 Å². The number of aromatic nitrogens is 3. The molecule has 3 N–H and O–H groups in total. The van der Waals surface area contributed by atoms with Gasteiger partial charge in [-0.05, 0) is 36.6 Å². The van der Waals surface area contributed by atoms with Gasteiger partial charge in [0.05, 0.1) is 6.10 Å². The highest BCUT2D eigenvalue weighted by atomic mass is 16.5. The summed E-state index contributed by atoms with van der Waals surface area (Å²) in [4.78, 5) is 28.5. The molecular weight excluding hydrogens is 374 g/mol. The minimum atomic E-state index is -0.643. The SMILES string of the molecule is Cn1cc(-c2noc(=O)[nH]2)cc1C(=O)Nc1ccc(CN2CCC(O)CC2)cc1. The quantitative estimate of drug-likeness (QED) is 0.602. The van der Waals surface area contributed by atoms with Gasteiger partial charge in [-0.2, -0.15) is 0 Å². The van der Waals surface area contributed by atoms with Gasteiger partial charge in [0.25, 0.3) is 5.91 Å². The van der Waals surface area contributed by atoms with E-state index in [4.69, 9.17) is 0 Å². The number of likely N-dealkylation sites (tertiary alicyclic amines) is 1. The van der Waals surface area contributed by atoms with E-state index in [2.05, 4.69) is 24.9 Å². The summed E-state index contributed by atoms with van der Waals surface area (Å²) in [6, 6.07) is 9.40. The average molecular weight is 397 g/mol. The molecule has 9 heteroatoms. The highest BCUT2D eigenvalue weighted by molar-refractivity contribution is 6.03. The molecule has 0 atom stereocenters. The van der Waals surface area contributed by atoms with Gasteiger partial charge >= 0.3 is 5.76 Å². The molecule has 152 valence electrons. The van der Waals surface area contributed by atoms with Gasteiger partial charge in [-0.3, -0.25) is 19.2 Å². The fourth-order valence-corrected chi connectivity index (χ4v) is 3.50. The van der Waals surface area contributed by atoms with Crippen LogP contribution in [0.15, 0.2) is 45.8 Å². The molecule has 0 aliphatic carbocycles. The maximum atomic E-state index is 12.6. The Bertz CT molecular complexity index is 1040. The first kappa shape index (κ1) is 19.2. The van der Waals surface area contributed by atoms with E-state index in [1.807, 2.05) is 24.3 Å². The van der Waals surface area contributed by atoms with Crippen LogP contribution in [-0.2, 0) is 13.6 Å². The molecule has 0 saturated carbocycles. The summed E-state index contributed by atoms with van der Waals surface area (Å²) in [6.07, 6.45) is 3.15. The number of H-pyrrole nitrogens is 1. The summed E-state index contributed by atoms with van der Waals surface area (Å²) >= 11 is 0. The number of benzene rings is 1. The Morgan fingerprint density at radius 3 is 2.69 bits per heavy atom. The van der Waals surface area contributed by atoms with E-state index in [1.54, 1.807) is 23.9 Å². The third kappa shape index (κ3) is 4.47. The number of amides is 1. The molecule has 1 aliphatic rings. The number of piperidine rings is 1. The van der Waals surface area contributed by atoms with Gasteiger partial charge < -0.3 is 15.0 Å². The Morgan fingerprint density at radius 2 is 2.03 bits per heavy atom. The van der Waals surface area contributed by atoms with E-state index >= 15 is 0 Å². The Hall–Kier alpha value is -3.17. The minimum absolute atomic E-state index is 0.175.